The van der Waals surface area contributed by atoms with E-state index in [2.05, 4.69) is 4.98 Å². The third-order valence-corrected chi connectivity index (χ3v) is 3.84. The Balaban J connectivity index is 2.20. The molecule has 19 heavy (non-hydrogen) atoms. The summed E-state index contributed by atoms with van der Waals surface area (Å²) >= 11 is 0. The minimum Gasteiger partial charge on any atom is -0.497 e. The van der Waals surface area contributed by atoms with Gasteiger partial charge in [0.1, 0.15) is 11.4 Å². The molecule has 1 N–H and O–H groups in total. The van der Waals surface area contributed by atoms with E-state index in [0.29, 0.717) is 0 Å². The zero-order valence-corrected chi connectivity index (χ0v) is 11.3. The molecule has 4 nitrogen and oxygen atoms in total. The first kappa shape index (κ1) is 12.1. The monoisotopic (exact) mass is 258 g/mol. The largest absolute Gasteiger partial charge is 0.497 e. The molecule has 0 saturated carbocycles. The number of hydrogen-bond acceptors (Lipinski definition) is 2. The molecule has 0 aliphatic carbocycles. The number of rotatable bonds is 1. The molecule has 0 atom stereocenters. The van der Waals surface area contributed by atoms with Gasteiger partial charge in [-0.15, -0.1) is 0 Å². The van der Waals surface area contributed by atoms with Crippen molar-refractivity contribution in [1.82, 2.24) is 9.88 Å². The summed E-state index contributed by atoms with van der Waals surface area (Å²) in [5.41, 5.74) is 2.88. The second-order valence-electron chi connectivity index (χ2n) is 5.07. The lowest BCUT2D eigenvalue weighted by Crippen LogP contribution is -2.30. The summed E-state index contributed by atoms with van der Waals surface area (Å²) < 4.78 is 5.28. The first-order chi connectivity index (χ1) is 9.20. The maximum absolute atomic E-state index is 12.4. The predicted molar refractivity (Wildman–Crippen MR) is 74.7 cm³/mol. The number of hydrogen-bond donors (Lipinski definition) is 1. The van der Waals surface area contributed by atoms with Crippen molar-refractivity contribution in [2.24, 2.45) is 0 Å². The number of aromatic nitrogens is 1. The maximum atomic E-state index is 12.4. The number of amides is 1. The van der Waals surface area contributed by atoms with Crippen LogP contribution in [0.4, 0.5) is 0 Å². The van der Waals surface area contributed by atoms with E-state index in [1.165, 1.54) is 0 Å². The summed E-state index contributed by atoms with van der Waals surface area (Å²) in [6.45, 7) is 0.830. The van der Waals surface area contributed by atoms with E-state index in [9.17, 15) is 4.79 Å². The van der Waals surface area contributed by atoms with Gasteiger partial charge in [-0.25, -0.2) is 0 Å². The van der Waals surface area contributed by atoms with E-state index in [1.54, 1.807) is 12.0 Å². The van der Waals surface area contributed by atoms with Gasteiger partial charge in [-0.1, -0.05) is 0 Å². The molecule has 2 aromatic rings. The molecule has 100 valence electrons. The van der Waals surface area contributed by atoms with Gasteiger partial charge in [-0.05, 0) is 43.0 Å². The number of benzene rings is 1. The van der Waals surface area contributed by atoms with E-state index in [1.807, 2.05) is 25.2 Å². The molecule has 4 heteroatoms. The number of aromatic amines is 1. The van der Waals surface area contributed by atoms with E-state index < -0.39 is 0 Å². The van der Waals surface area contributed by atoms with Crippen LogP contribution in [0.1, 0.15) is 28.9 Å². The fourth-order valence-corrected chi connectivity index (χ4v) is 2.74. The maximum Gasteiger partial charge on any atom is 0.270 e. The normalized spacial score (nSPS) is 16.1. The lowest BCUT2D eigenvalue weighted by Gasteiger charge is -2.20. The lowest BCUT2D eigenvalue weighted by atomic mass is 10.0. The van der Waals surface area contributed by atoms with Crippen molar-refractivity contribution >= 4 is 16.8 Å². The van der Waals surface area contributed by atoms with E-state index in [-0.39, 0.29) is 5.91 Å². The third kappa shape index (κ3) is 1.97. The average Bonchev–Trinajstić information content (AvgIpc) is 2.78. The Kier molecular flexibility index (Phi) is 2.93. The zero-order valence-electron chi connectivity index (χ0n) is 11.3. The lowest BCUT2D eigenvalue weighted by molar-refractivity contribution is 0.0783. The minimum atomic E-state index is 0.0878. The molecule has 3 rings (SSSR count). The Hall–Kier alpha value is -1.97. The fourth-order valence-electron chi connectivity index (χ4n) is 2.74. The molecule has 0 spiro atoms. The highest BCUT2D eigenvalue weighted by Gasteiger charge is 2.22. The van der Waals surface area contributed by atoms with Crippen LogP contribution in [0.5, 0.6) is 5.75 Å². The molecule has 0 bridgehead atoms. The van der Waals surface area contributed by atoms with Gasteiger partial charge in [-0.3, -0.25) is 4.79 Å². The molecule has 0 saturated heterocycles. The zero-order chi connectivity index (χ0) is 13.4. The summed E-state index contributed by atoms with van der Waals surface area (Å²) in [4.78, 5) is 17.4. The van der Waals surface area contributed by atoms with Gasteiger partial charge < -0.3 is 14.6 Å². The molecule has 0 fully saturated rings. The number of ether oxygens (including phenoxy) is 1. The second-order valence-corrected chi connectivity index (χ2v) is 5.07. The van der Waals surface area contributed by atoms with Crippen molar-refractivity contribution < 1.29 is 9.53 Å². The van der Waals surface area contributed by atoms with Crippen LogP contribution in [0.25, 0.3) is 10.9 Å². The highest BCUT2D eigenvalue weighted by molar-refractivity contribution is 6.01. The molecule has 1 aromatic heterocycles. The van der Waals surface area contributed by atoms with E-state index in [4.69, 9.17) is 4.74 Å². The van der Waals surface area contributed by atoms with Crippen molar-refractivity contribution in [1.29, 1.82) is 0 Å². The van der Waals surface area contributed by atoms with Gasteiger partial charge in [0, 0.05) is 24.5 Å². The fraction of sp³-hybridized carbons (Fsp3) is 0.400. The number of nitrogens with one attached hydrogen (secondary N) is 1. The van der Waals surface area contributed by atoms with Gasteiger partial charge >= 0.3 is 0 Å². The standard InChI is InChI=1S/C15H18N2O2/c1-17-8-4-3-5-11-12-9-10(19-2)6-7-13(12)16-14(11)15(17)18/h6-7,9,16H,3-5,8H2,1-2H3. The number of H-pyrrole nitrogens is 1. The van der Waals surface area contributed by atoms with Gasteiger partial charge in [0.2, 0.25) is 0 Å². The Bertz CT molecular complexity index is 630. The van der Waals surface area contributed by atoms with Crippen LogP contribution in [-0.4, -0.2) is 36.5 Å². The molecule has 1 amide bonds. The summed E-state index contributed by atoms with van der Waals surface area (Å²) in [5, 5.41) is 1.11. The second kappa shape index (κ2) is 4.61. The highest BCUT2D eigenvalue weighted by atomic mass is 16.5. The Labute approximate surface area is 112 Å². The Morgan fingerprint density at radius 3 is 2.95 bits per heavy atom. The van der Waals surface area contributed by atoms with Gasteiger partial charge in [0.05, 0.1) is 7.11 Å². The SMILES string of the molecule is COc1ccc2[nH]c3c(c2c1)CCCCN(C)C3=O. The predicted octanol–water partition coefficient (Wildman–Crippen LogP) is 2.58. The van der Waals surface area contributed by atoms with Crippen LogP contribution in [0.3, 0.4) is 0 Å². The van der Waals surface area contributed by atoms with E-state index >= 15 is 0 Å². The van der Waals surface area contributed by atoms with Crippen molar-refractivity contribution in [2.45, 2.75) is 19.3 Å². The summed E-state index contributed by atoms with van der Waals surface area (Å²) in [6, 6.07) is 5.91. The highest BCUT2D eigenvalue weighted by Crippen LogP contribution is 2.29. The number of fused-ring (bicyclic) bond motifs is 3. The quantitative estimate of drug-likeness (QED) is 0.854. The third-order valence-electron chi connectivity index (χ3n) is 3.84. The van der Waals surface area contributed by atoms with Crippen LogP contribution in [0.2, 0.25) is 0 Å². The molecule has 0 radical (unpaired) electrons. The number of carbonyl (C=O) groups excluding carboxylic acids is 1. The summed E-state index contributed by atoms with van der Waals surface area (Å²) in [5.74, 6) is 0.919. The number of nitrogens with zero attached hydrogens (tertiary/aromatic N) is 1. The van der Waals surface area contributed by atoms with Crippen molar-refractivity contribution in [3.05, 3.63) is 29.5 Å². The smallest absolute Gasteiger partial charge is 0.270 e. The minimum absolute atomic E-state index is 0.0878. The van der Waals surface area contributed by atoms with E-state index in [0.717, 1.165) is 53.7 Å². The van der Waals surface area contributed by atoms with Crippen LogP contribution >= 0.6 is 0 Å². The number of methoxy groups -OCH3 is 1. The Morgan fingerprint density at radius 1 is 1.32 bits per heavy atom. The topological polar surface area (TPSA) is 45.3 Å². The molecular formula is C15H18N2O2. The van der Waals surface area contributed by atoms with Gasteiger partial charge in [0.25, 0.3) is 5.91 Å². The Morgan fingerprint density at radius 2 is 2.16 bits per heavy atom. The van der Waals surface area contributed by atoms with Crippen LogP contribution in [0.15, 0.2) is 18.2 Å². The van der Waals surface area contributed by atoms with Gasteiger partial charge in [-0.2, -0.15) is 0 Å². The van der Waals surface area contributed by atoms with Crippen LogP contribution in [-0.2, 0) is 6.42 Å². The molecular weight excluding hydrogens is 240 g/mol. The van der Waals surface area contributed by atoms with Crippen LogP contribution in [0, 0.1) is 0 Å². The molecule has 1 aliphatic rings. The van der Waals surface area contributed by atoms with Gasteiger partial charge in [0.15, 0.2) is 0 Å². The first-order valence-corrected chi connectivity index (χ1v) is 6.65. The molecule has 0 unspecified atom stereocenters. The molecule has 1 aromatic carbocycles. The van der Waals surface area contributed by atoms with Crippen molar-refractivity contribution in [2.75, 3.05) is 20.7 Å². The van der Waals surface area contributed by atoms with Crippen LogP contribution < -0.4 is 4.74 Å². The molecule has 1 aliphatic heterocycles. The average molecular weight is 258 g/mol. The molecule has 2 heterocycles. The summed E-state index contributed by atoms with van der Waals surface area (Å²) in [6.07, 6.45) is 3.11. The number of aryl methyl sites for hydroxylation is 1. The first-order valence-electron chi connectivity index (χ1n) is 6.65. The van der Waals surface area contributed by atoms with Crippen molar-refractivity contribution in [3.8, 4) is 5.75 Å². The van der Waals surface area contributed by atoms with Crippen molar-refractivity contribution in [3.63, 3.8) is 0 Å². The summed E-state index contributed by atoms with van der Waals surface area (Å²) in [7, 11) is 3.53. The number of carbonyl (C=O) groups is 1.